The Morgan fingerprint density at radius 2 is 1.07 bits per heavy atom. The normalized spacial score (nSPS) is 12.6. The zero-order valence-electron chi connectivity index (χ0n) is 25.0. The standard InChI is InChI=1S/C37H36N2O3S2/c1-38(2)37(40)39(23-21-33(35-19-9-25-43-35)41-31-17-7-13-27-11-3-5-15-29(27)31)24-22-34(36-20-10-26-44-36)42-32-18-8-14-28-12-4-6-16-30(28)32/h3-20,25-26,33-34H,21-24H2,1-2H3. The van der Waals surface area contributed by atoms with Gasteiger partial charge in [-0.3, -0.25) is 0 Å². The summed E-state index contributed by atoms with van der Waals surface area (Å²) in [7, 11) is 3.62. The smallest absolute Gasteiger partial charge is 0.319 e. The van der Waals surface area contributed by atoms with Gasteiger partial charge in [0.1, 0.15) is 23.7 Å². The van der Waals surface area contributed by atoms with Gasteiger partial charge in [-0.15, -0.1) is 22.7 Å². The van der Waals surface area contributed by atoms with Crippen LogP contribution in [-0.2, 0) is 0 Å². The number of carbonyl (C=O) groups excluding carboxylic acids is 1. The second-order valence-corrected chi connectivity index (χ2v) is 12.9. The molecule has 2 amide bonds. The van der Waals surface area contributed by atoms with Crippen LogP contribution in [0.1, 0.15) is 34.8 Å². The highest BCUT2D eigenvalue weighted by molar-refractivity contribution is 7.10. The van der Waals surface area contributed by atoms with Crippen molar-refractivity contribution in [1.29, 1.82) is 0 Å². The molecule has 0 fully saturated rings. The molecule has 0 bridgehead atoms. The molecule has 6 rings (SSSR count). The highest BCUT2D eigenvalue weighted by Crippen LogP contribution is 2.35. The molecule has 4 aromatic carbocycles. The van der Waals surface area contributed by atoms with Gasteiger partial charge in [-0.2, -0.15) is 0 Å². The second-order valence-electron chi connectivity index (χ2n) is 10.9. The molecule has 6 aromatic rings. The lowest BCUT2D eigenvalue weighted by atomic mass is 10.1. The molecular weight excluding hydrogens is 585 g/mol. The third kappa shape index (κ3) is 6.90. The molecule has 0 aliphatic rings. The molecule has 0 aliphatic heterocycles. The van der Waals surface area contributed by atoms with Gasteiger partial charge in [0.15, 0.2) is 0 Å². The van der Waals surface area contributed by atoms with Crippen LogP contribution in [0.25, 0.3) is 21.5 Å². The summed E-state index contributed by atoms with van der Waals surface area (Å²) in [6.45, 7) is 1.10. The largest absolute Gasteiger partial charge is 0.484 e. The van der Waals surface area contributed by atoms with Crippen molar-refractivity contribution in [2.75, 3.05) is 27.2 Å². The van der Waals surface area contributed by atoms with Crippen LogP contribution in [0, 0.1) is 0 Å². The van der Waals surface area contributed by atoms with Crippen molar-refractivity contribution in [3.63, 3.8) is 0 Å². The highest BCUT2D eigenvalue weighted by Gasteiger charge is 2.24. The van der Waals surface area contributed by atoms with E-state index in [4.69, 9.17) is 9.47 Å². The Hall–Kier alpha value is -4.33. The van der Waals surface area contributed by atoms with Gasteiger partial charge in [0.05, 0.1) is 0 Å². The average molecular weight is 621 g/mol. The molecular formula is C37H36N2O3S2. The summed E-state index contributed by atoms with van der Waals surface area (Å²) in [6.07, 6.45) is 0.963. The Bertz CT molecular complexity index is 1670. The van der Waals surface area contributed by atoms with Gasteiger partial charge in [-0.25, -0.2) is 4.79 Å². The van der Waals surface area contributed by atoms with Crippen molar-refractivity contribution in [2.45, 2.75) is 25.0 Å². The molecule has 44 heavy (non-hydrogen) atoms. The minimum absolute atomic E-state index is 0.0184. The molecule has 5 nitrogen and oxygen atoms in total. The highest BCUT2D eigenvalue weighted by atomic mass is 32.1. The predicted molar refractivity (Wildman–Crippen MR) is 183 cm³/mol. The summed E-state index contributed by atoms with van der Waals surface area (Å²) >= 11 is 3.37. The van der Waals surface area contributed by atoms with Crippen LogP contribution >= 0.6 is 22.7 Å². The van der Waals surface area contributed by atoms with E-state index in [2.05, 4.69) is 71.4 Å². The number of benzene rings is 4. The van der Waals surface area contributed by atoms with Gasteiger partial charge in [-0.1, -0.05) is 84.9 Å². The fourth-order valence-electron chi connectivity index (χ4n) is 5.50. The Labute approximate surface area is 266 Å². The van der Waals surface area contributed by atoms with E-state index in [1.165, 1.54) is 0 Å². The van der Waals surface area contributed by atoms with Gasteiger partial charge in [0.25, 0.3) is 0 Å². The number of rotatable bonds is 12. The average Bonchev–Trinajstić information content (AvgIpc) is 3.79. The Morgan fingerprint density at radius 3 is 1.50 bits per heavy atom. The van der Waals surface area contributed by atoms with Crippen LogP contribution in [0.3, 0.4) is 0 Å². The molecule has 224 valence electrons. The maximum absolute atomic E-state index is 13.5. The van der Waals surface area contributed by atoms with Crippen LogP contribution in [-0.4, -0.2) is 43.0 Å². The molecule has 0 saturated heterocycles. The van der Waals surface area contributed by atoms with E-state index < -0.39 is 0 Å². The van der Waals surface area contributed by atoms with Crippen molar-refractivity contribution in [1.82, 2.24) is 9.80 Å². The number of amides is 2. The quantitative estimate of drug-likeness (QED) is 0.137. The first-order valence-electron chi connectivity index (χ1n) is 14.9. The van der Waals surface area contributed by atoms with Gasteiger partial charge < -0.3 is 19.3 Å². The minimum atomic E-state index is -0.182. The van der Waals surface area contributed by atoms with Crippen molar-refractivity contribution in [3.8, 4) is 11.5 Å². The van der Waals surface area contributed by atoms with E-state index in [1.807, 2.05) is 67.5 Å². The van der Waals surface area contributed by atoms with E-state index in [1.54, 1.807) is 27.6 Å². The topological polar surface area (TPSA) is 42.0 Å². The maximum Gasteiger partial charge on any atom is 0.319 e. The molecule has 2 aromatic heterocycles. The number of fused-ring (bicyclic) bond motifs is 2. The molecule has 7 heteroatoms. The summed E-state index contributed by atoms with van der Waals surface area (Å²) in [5.74, 6) is 1.71. The molecule has 0 aliphatic carbocycles. The summed E-state index contributed by atoms with van der Waals surface area (Å²) < 4.78 is 13.4. The number of hydrogen-bond acceptors (Lipinski definition) is 5. The third-order valence-electron chi connectivity index (χ3n) is 7.73. The van der Waals surface area contributed by atoms with E-state index in [0.717, 1.165) is 42.8 Å². The van der Waals surface area contributed by atoms with Crippen molar-refractivity contribution in [2.24, 2.45) is 0 Å². The first-order chi connectivity index (χ1) is 21.6. The van der Waals surface area contributed by atoms with Gasteiger partial charge >= 0.3 is 6.03 Å². The van der Waals surface area contributed by atoms with Crippen LogP contribution in [0.5, 0.6) is 11.5 Å². The third-order valence-corrected chi connectivity index (χ3v) is 9.66. The lowest BCUT2D eigenvalue weighted by Crippen LogP contribution is -2.41. The van der Waals surface area contributed by atoms with E-state index in [0.29, 0.717) is 25.9 Å². The summed E-state index contributed by atoms with van der Waals surface area (Å²) in [5.41, 5.74) is 0. The monoisotopic (exact) mass is 620 g/mol. The molecule has 0 saturated carbocycles. The van der Waals surface area contributed by atoms with Crippen molar-refractivity contribution < 1.29 is 14.3 Å². The number of nitrogens with zero attached hydrogens (tertiary/aromatic N) is 2. The summed E-state index contributed by atoms with van der Waals surface area (Å²) in [5, 5.41) is 8.61. The first kappa shape index (κ1) is 29.7. The van der Waals surface area contributed by atoms with E-state index in [-0.39, 0.29) is 18.2 Å². The van der Waals surface area contributed by atoms with Crippen LogP contribution < -0.4 is 9.47 Å². The van der Waals surface area contributed by atoms with Gasteiger partial charge in [0, 0.05) is 60.6 Å². The lowest BCUT2D eigenvalue weighted by molar-refractivity contribution is 0.134. The summed E-state index contributed by atoms with van der Waals surface area (Å²) in [6, 6.07) is 37.2. The minimum Gasteiger partial charge on any atom is -0.484 e. The van der Waals surface area contributed by atoms with Crippen molar-refractivity contribution >= 4 is 50.2 Å². The SMILES string of the molecule is CN(C)C(=O)N(CCC(Oc1cccc2ccccc12)c1cccs1)CCC(Oc1cccc2ccccc12)c1cccs1. The summed E-state index contributed by atoms with van der Waals surface area (Å²) in [4.78, 5) is 19.4. The zero-order chi connectivity index (χ0) is 30.3. The molecule has 2 heterocycles. The molecule has 2 unspecified atom stereocenters. The van der Waals surface area contributed by atoms with Gasteiger partial charge in [-0.05, 0) is 45.8 Å². The van der Waals surface area contributed by atoms with Crippen LogP contribution in [0.4, 0.5) is 4.79 Å². The second kappa shape index (κ2) is 14.0. The van der Waals surface area contributed by atoms with Crippen LogP contribution in [0.2, 0.25) is 0 Å². The molecule has 0 spiro atoms. The van der Waals surface area contributed by atoms with E-state index >= 15 is 0 Å². The zero-order valence-corrected chi connectivity index (χ0v) is 26.6. The van der Waals surface area contributed by atoms with Gasteiger partial charge in [0.2, 0.25) is 0 Å². The van der Waals surface area contributed by atoms with E-state index in [9.17, 15) is 4.79 Å². The number of carbonyl (C=O) groups is 1. The first-order valence-corrected chi connectivity index (χ1v) is 16.6. The number of ether oxygens (including phenoxy) is 2. The number of urea groups is 1. The Balaban J connectivity index is 1.21. The van der Waals surface area contributed by atoms with Crippen molar-refractivity contribution in [3.05, 3.63) is 130 Å². The van der Waals surface area contributed by atoms with Crippen LogP contribution in [0.15, 0.2) is 120 Å². The number of hydrogen-bond donors (Lipinski definition) is 0. The number of thiophene rings is 2. The molecule has 0 radical (unpaired) electrons. The molecule has 2 atom stereocenters. The Morgan fingerprint density at radius 1 is 0.614 bits per heavy atom. The lowest BCUT2D eigenvalue weighted by Gasteiger charge is -2.30. The Kier molecular flexibility index (Phi) is 9.44. The predicted octanol–water partition coefficient (Wildman–Crippen LogP) is 9.82. The fraction of sp³-hybridized carbons (Fsp3) is 0.216. The maximum atomic E-state index is 13.5. The molecule has 0 N–H and O–H groups in total. The fourth-order valence-corrected chi connectivity index (χ4v) is 7.08.